The molecule has 0 fully saturated rings. The molecule has 0 aliphatic heterocycles. The Morgan fingerprint density at radius 1 is 1.17 bits per heavy atom. The summed E-state index contributed by atoms with van der Waals surface area (Å²) in [6.07, 6.45) is 0. The number of para-hydroxylation sites is 1. The number of carbonyl (C=O) groups is 1. The number of benzene rings is 2. The van der Waals surface area contributed by atoms with Crippen molar-refractivity contribution >= 4 is 23.2 Å². The first-order valence-corrected chi connectivity index (χ1v) is 8.15. The molecule has 0 aliphatic carbocycles. The molecule has 0 bridgehead atoms. The van der Waals surface area contributed by atoms with E-state index in [1.807, 2.05) is 54.4 Å². The van der Waals surface area contributed by atoms with Gasteiger partial charge in [-0.1, -0.05) is 55.8 Å². The van der Waals surface area contributed by atoms with Crippen molar-refractivity contribution in [1.82, 2.24) is 4.90 Å². The van der Waals surface area contributed by atoms with Gasteiger partial charge in [0.15, 0.2) is 0 Å². The average molecular weight is 331 g/mol. The highest BCUT2D eigenvalue weighted by Crippen LogP contribution is 2.23. The lowest BCUT2D eigenvalue weighted by Crippen LogP contribution is -2.30. The largest absolute Gasteiger partial charge is 0.325 e. The number of rotatable bonds is 6. The molecule has 0 radical (unpaired) electrons. The number of halogens is 1. The molecule has 1 amide bonds. The van der Waals surface area contributed by atoms with E-state index in [0.717, 1.165) is 16.8 Å². The van der Waals surface area contributed by atoms with E-state index in [9.17, 15) is 4.79 Å². The molecular formula is C19H23ClN2O. The second kappa shape index (κ2) is 8.14. The van der Waals surface area contributed by atoms with Crippen LogP contribution in [0.25, 0.3) is 0 Å². The lowest BCUT2D eigenvalue weighted by atomic mass is 10.0. The summed E-state index contributed by atoms with van der Waals surface area (Å²) in [5, 5.41) is 3.73. The molecule has 0 heterocycles. The lowest BCUT2D eigenvalue weighted by Gasteiger charge is -2.18. The fourth-order valence-corrected chi connectivity index (χ4v) is 2.76. The highest BCUT2D eigenvalue weighted by Gasteiger charge is 2.11. The molecule has 0 atom stereocenters. The number of likely N-dealkylation sites (N-methyl/N-ethyl adjacent to an activating group) is 1. The maximum Gasteiger partial charge on any atom is 0.238 e. The van der Waals surface area contributed by atoms with E-state index >= 15 is 0 Å². The third kappa shape index (κ3) is 5.38. The average Bonchev–Trinajstić information content (AvgIpc) is 2.47. The summed E-state index contributed by atoms with van der Waals surface area (Å²) in [6.45, 7) is 5.26. The minimum Gasteiger partial charge on any atom is -0.325 e. The zero-order valence-electron chi connectivity index (χ0n) is 13.8. The lowest BCUT2D eigenvalue weighted by molar-refractivity contribution is -0.117. The van der Waals surface area contributed by atoms with Crippen molar-refractivity contribution < 1.29 is 4.79 Å². The van der Waals surface area contributed by atoms with Gasteiger partial charge < -0.3 is 5.32 Å². The predicted octanol–water partition coefficient (Wildman–Crippen LogP) is 4.53. The van der Waals surface area contributed by atoms with Crippen molar-refractivity contribution in [2.45, 2.75) is 26.3 Å². The third-order valence-electron chi connectivity index (χ3n) is 3.61. The van der Waals surface area contributed by atoms with Gasteiger partial charge >= 0.3 is 0 Å². The molecule has 0 saturated heterocycles. The SMILES string of the molecule is CC(C)c1ccccc1NC(=O)CN(C)Cc1cccc(Cl)c1. The summed E-state index contributed by atoms with van der Waals surface area (Å²) in [7, 11) is 1.93. The standard InChI is InChI=1S/C19H23ClN2O/c1-14(2)17-9-4-5-10-18(17)21-19(23)13-22(3)12-15-7-6-8-16(20)11-15/h4-11,14H,12-13H2,1-3H3,(H,21,23). The van der Waals surface area contributed by atoms with Gasteiger partial charge in [-0.25, -0.2) is 0 Å². The van der Waals surface area contributed by atoms with Crippen molar-refractivity contribution in [2.24, 2.45) is 0 Å². The monoisotopic (exact) mass is 330 g/mol. The fourth-order valence-electron chi connectivity index (χ4n) is 2.55. The van der Waals surface area contributed by atoms with E-state index < -0.39 is 0 Å². The van der Waals surface area contributed by atoms with Crippen molar-refractivity contribution in [3.05, 3.63) is 64.7 Å². The number of amides is 1. The Balaban J connectivity index is 1.94. The van der Waals surface area contributed by atoms with Crippen LogP contribution in [0.4, 0.5) is 5.69 Å². The summed E-state index contributed by atoms with van der Waals surface area (Å²) in [6, 6.07) is 15.6. The van der Waals surface area contributed by atoms with Crippen molar-refractivity contribution in [3.8, 4) is 0 Å². The van der Waals surface area contributed by atoms with Crippen LogP contribution in [0.3, 0.4) is 0 Å². The summed E-state index contributed by atoms with van der Waals surface area (Å²) in [5.41, 5.74) is 3.14. The Labute approximate surface area is 143 Å². The normalized spacial score (nSPS) is 11.0. The molecule has 4 heteroatoms. The molecular weight excluding hydrogens is 308 g/mol. The third-order valence-corrected chi connectivity index (χ3v) is 3.85. The van der Waals surface area contributed by atoms with Crippen LogP contribution in [0.15, 0.2) is 48.5 Å². The summed E-state index contributed by atoms with van der Waals surface area (Å²) >= 11 is 5.99. The zero-order chi connectivity index (χ0) is 16.8. The summed E-state index contributed by atoms with van der Waals surface area (Å²) in [5.74, 6) is 0.360. The molecule has 2 aromatic rings. The van der Waals surface area contributed by atoms with Crippen LogP contribution in [0, 0.1) is 0 Å². The molecule has 0 aliphatic rings. The molecule has 2 aromatic carbocycles. The predicted molar refractivity (Wildman–Crippen MR) is 96.9 cm³/mol. The quantitative estimate of drug-likeness (QED) is 0.843. The van der Waals surface area contributed by atoms with Crippen molar-refractivity contribution in [3.63, 3.8) is 0 Å². The van der Waals surface area contributed by atoms with Gasteiger partial charge in [-0.05, 0) is 42.3 Å². The van der Waals surface area contributed by atoms with Crippen molar-refractivity contribution in [1.29, 1.82) is 0 Å². The first-order chi connectivity index (χ1) is 11.0. The van der Waals surface area contributed by atoms with Crippen molar-refractivity contribution in [2.75, 3.05) is 18.9 Å². The van der Waals surface area contributed by atoms with Crippen LogP contribution >= 0.6 is 11.6 Å². The Bertz CT molecular complexity index is 670. The van der Waals surface area contributed by atoms with Crippen LogP contribution in [0.1, 0.15) is 30.9 Å². The molecule has 2 rings (SSSR count). The second-order valence-corrected chi connectivity index (χ2v) is 6.53. The number of nitrogens with zero attached hydrogens (tertiary/aromatic N) is 1. The Morgan fingerprint density at radius 3 is 2.61 bits per heavy atom. The van der Waals surface area contributed by atoms with E-state index in [1.165, 1.54) is 0 Å². The number of carbonyl (C=O) groups excluding carboxylic acids is 1. The topological polar surface area (TPSA) is 32.3 Å². The van der Waals surface area contributed by atoms with Gasteiger partial charge in [-0.15, -0.1) is 0 Å². The van der Waals surface area contributed by atoms with Gasteiger partial charge in [0.25, 0.3) is 0 Å². The highest BCUT2D eigenvalue weighted by molar-refractivity contribution is 6.30. The van der Waals surface area contributed by atoms with Crippen LogP contribution in [-0.2, 0) is 11.3 Å². The maximum atomic E-state index is 12.3. The first-order valence-electron chi connectivity index (χ1n) is 7.77. The Hall–Kier alpha value is -1.84. The molecule has 1 N–H and O–H groups in total. The van der Waals surface area contributed by atoms with Crippen LogP contribution in [0.5, 0.6) is 0 Å². The van der Waals surface area contributed by atoms with Crippen LogP contribution in [0.2, 0.25) is 5.02 Å². The van der Waals surface area contributed by atoms with Gasteiger partial charge in [0.05, 0.1) is 6.54 Å². The van der Waals surface area contributed by atoms with Crippen LogP contribution < -0.4 is 5.32 Å². The van der Waals surface area contributed by atoms with E-state index in [2.05, 4.69) is 25.2 Å². The van der Waals surface area contributed by atoms with E-state index in [-0.39, 0.29) is 5.91 Å². The van der Waals surface area contributed by atoms with Gasteiger partial charge in [0, 0.05) is 17.3 Å². The van der Waals surface area contributed by atoms with Gasteiger partial charge in [-0.3, -0.25) is 9.69 Å². The molecule has 0 spiro atoms. The summed E-state index contributed by atoms with van der Waals surface area (Å²) < 4.78 is 0. The van der Waals surface area contributed by atoms with E-state index in [1.54, 1.807) is 0 Å². The first kappa shape index (κ1) is 17.5. The number of hydrogen-bond donors (Lipinski definition) is 1. The molecule has 0 saturated carbocycles. The summed E-state index contributed by atoms with van der Waals surface area (Å²) in [4.78, 5) is 14.2. The zero-order valence-corrected chi connectivity index (χ0v) is 14.6. The smallest absolute Gasteiger partial charge is 0.238 e. The molecule has 122 valence electrons. The van der Waals surface area contributed by atoms with Gasteiger partial charge in [-0.2, -0.15) is 0 Å². The Morgan fingerprint density at radius 2 is 1.91 bits per heavy atom. The second-order valence-electron chi connectivity index (χ2n) is 6.09. The van der Waals surface area contributed by atoms with E-state index in [0.29, 0.717) is 24.0 Å². The molecule has 3 nitrogen and oxygen atoms in total. The van der Waals surface area contributed by atoms with Gasteiger partial charge in [0.2, 0.25) is 5.91 Å². The molecule has 23 heavy (non-hydrogen) atoms. The van der Waals surface area contributed by atoms with Gasteiger partial charge in [0.1, 0.15) is 0 Å². The van der Waals surface area contributed by atoms with E-state index in [4.69, 9.17) is 11.6 Å². The maximum absolute atomic E-state index is 12.3. The molecule has 0 unspecified atom stereocenters. The number of hydrogen-bond acceptors (Lipinski definition) is 2. The fraction of sp³-hybridized carbons (Fsp3) is 0.316. The van der Waals surface area contributed by atoms with Crippen LogP contribution in [-0.4, -0.2) is 24.4 Å². The number of anilines is 1. The molecule has 0 aromatic heterocycles. The Kier molecular flexibility index (Phi) is 6.20. The minimum absolute atomic E-state index is 0.0115. The highest BCUT2D eigenvalue weighted by atomic mass is 35.5. The number of nitrogens with one attached hydrogen (secondary N) is 1. The minimum atomic E-state index is -0.0115.